The Balaban J connectivity index is 2.74. The summed E-state index contributed by atoms with van der Waals surface area (Å²) in [7, 11) is 0. The van der Waals surface area contributed by atoms with E-state index in [0.717, 1.165) is 0 Å². The molecule has 0 aromatic heterocycles. The molecule has 1 heterocycles. The van der Waals surface area contributed by atoms with E-state index >= 15 is 0 Å². The van der Waals surface area contributed by atoms with Crippen molar-refractivity contribution < 1.29 is 24.2 Å². The number of hydrogen-bond donors (Lipinski definition) is 1. The Kier molecular flexibility index (Phi) is 4.79. The van der Waals surface area contributed by atoms with E-state index < -0.39 is 29.8 Å². The maximum atomic E-state index is 12.0. The molecule has 19 heavy (non-hydrogen) atoms. The lowest BCUT2D eigenvalue weighted by Gasteiger charge is -2.27. The van der Waals surface area contributed by atoms with Crippen LogP contribution in [0.2, 0.25) is 0 Å². The molecule has 1 N–H and O–H groups in total. The topological polar surface area (TPSA) is 76.1 Å². The zero-order valence-electron chi connectivity index (χ0n) is 12.2. The number of β-amino-alcohol motifs (C(OH)–C–C–N with tert-alkyl or cyclic N) is 1. The van der Waals surface area contributed by atoms with Gasteiger partial charge in [0.05, 0.1) is 18.8 Å². The van der Waals surface area contributed by atoms with E-state index in [1.807, 2.05) is 0 Å². The maximum absolute atomic E-state index is 12.0. The molecule has 0 radical (unpaired) electrons. The van der Waals surface area contributed by atoms with Gasteiger partial charge in [0.25, 0.3) is 0 Å². The Morgan fingerprint density at radius 3 is 2.37 bits per heavy atom. The lowest BCUT2D eigenvalue weighted by molar-refractivity contribution is -0.152. The van der Waals surface area contributed by atoms with Crippen molar-refractivity contribution in [3.05, 3.63) is 0 Å². The van der Waals surface area contributed by atoms with E-state index in [1.165, 1.54) is 4.90 Å². The van der Waals surface area contributed by atoms with E-state index in [0.29, 0.717) is 0 Å². The zero-order chi connectivity index (χ0) is 14.8. The van der Waals surface area contributed by atoms with Gasteiger partial charge in [-0.3, -0.25) is 4.90 Å². The van der Waals surface area contributed by atoms with Gasteiger partial charge in [-0.15, -0.1) is 0 Å². The van der Waals surface area contributed by atoms with Crippen LogP contribution in [-0.2, 0) is 14.3 Å². The lowest BCUT2D eigenvalue weighted by atomic mass is 10.2. The highest BCUT2D eigenvalue weighted by molar-refractivity contribution is 5.82. The SMILES string of the molecule is CC(C)OC(=O)[C@@H]1C[C@@H](O)CN1C(=O)OC(C)(C)C. The molecule has 6 nitrogen and oxygen atoms in total. The maximum Gasteiger partial charge on any atom is 0.411 e. The van der Waals surface area contributed by atoms with Gasteiger partial charge >= 0.3 is 12.1 Å². The molecule has 1 amide bonds. The zero-order valence-corrected chi connectivity index (χ0v) is 12.2. The van der Waals surface area contributed by atoms with Crippen molar-refractivity contribution in [2.45, 2.75) is 64.9 Å². The van der Waals surface area contributed by atoms with Crippen LogP contribution < -0.4 is 0 Å². The second-order valence-corrected chi connectivity index (χ2v) is 6.02. The number of ether oxygens (including phenoxy) is 2. The number of carbonyl (C=O) groups is 2. The minimum absolute atomic E-state index is 0.0901. The third-order valence-corrected chi connectivity index (χ3v) is 2.53. The second kappa shape index (κ2) is 5.77. The highest BCUT2D eigenvalue weighted by Gasteiger charge is 2.42. The first-order valence-corrected chi connectivity index (χ1v) is 6.48. The van der Waals surface area contributed by atoms with Crippen molar-refractivity contribution >= 4 is 12.1 Å². The monoisotopic (exact) mass is 273 g/mol. The van der Waals surface area contributed by atoms with Crippen LogP contribution >= 0.6 is 0 Å². The summed E-state index contributed by atoms with van der Waals surface area (Å²) in [6, 6.07) is -0.771. The van der Waals surface area contributed by atoms with Crippen LogP contribution in [0, 0.1) is 0 Å². The van der Waals surface area contributed by atoms with E-state index in [-0.39, 0.29) is 19.1 Å². The molecule has 1 aliphatic heterocycles. The molecule has 1 rings (SSSR count). The summed E-state index contributed by atoms with van der Waals surface area (Å²) in [5.74, 6) is -0.502. The minimum Gasteiger partial charge on any atom is -0.461 e. The van der Waals surface area contributed by atoms with Gasteiger partial charge in [0.15, 0.2) is 0 Å². The van der Waals surface area contributed by atoms with Crippen molar-refractivity contribution in [1.29, 1.82) is 0 Å². The molecule has 110 valence electrons. The van der Waals surface area contributed by atoms with Crippen LogP contribution in [0.5, 0.6) is 0 Å². The smallest absolute Gasteiger partial charge is 0.411 e. The lowest BCUT2D eigenvalue weighted by Crippen LogP contribution is -2.44. The number of amides is 1. The molecule has 1 aliphatic rings. The van der Waals surface area contributed by atoms with E-state index in [2.05, 4.69) is 0 Å². The normalized spacial score (nSPS) is 23.6. The first-order chi connectivity index (χ1) is 8.60. The number of rotatable bonds is 2. The Hall–Kier alpha value is -1.30. The van der Waals surface area contributed by atoms with Gasteiger partial charge in [-0.25, -0.2) is 9.59 Å². The predicted molar refractivity (Wildman–Crippen MR) is 68.6 cm³/mol. The summed E-state index contributed by atoms with van der Waals surface area (Å²) in [5.41, 5.74) is -0.642. The van der Waals surface area contributed by atoms with Crippen LogP contribution in [0.1, 0.15) is 41.0 Å². The van der Waals surface area contributed by atoms with E-state index in [1.54, 1.807) is 34.6 Å². The average Bonchev–Trinajstić information content (AvgIpc) is 2.56. The molecular formula is C13H23NO5. The molecular weight excluding hydrogens is 250 g/mol. The Morgan fingerprint density at radius 2 is 1.89 bits per heavy atom. The fourth-order valence-corrected chi connectivity index (χ4v) is 1.87. The second-order valence-electron chi connectivity index (χ2n) is 6.02. The number of esters is 1. The third kappa shape index (κ3) is 4.70. The standard InChI is InChI=1S/C13H23NO5/c1-8(2)18-11(16)10-6-9(15)7-14(10)12(17)19-13(3,4)5/h8-10,15H,6-7H2,1-5H3/t9-,10+/m1/s1. The van der Waals surface area contributed by atoms with Crippen LogP contribution in [0.15, 0.2) is 0 Å². The molecule has 1 saturated heterocycles. The largest absolute Gasteiger partial charge is 0.461 e. The van der Waals surface area contributed by atoms with Crippen LogP contribution in [0.4, 0.5) is 4.79 Å². The summed E-state index contributed by atoms with van der Waals surface area (Å²) in [5, 5.41) is 9.64. The Labute approximate surface area is 113 Å². The Bertz CT molecular complexity index is 347. The average molecular weight is 273 g/mol. The molecule has 0 aliphatic carbocycles. The van der Waals surface area contributed by atoms with Gasteiger partial charge in [-0.05, 0) is 34.6 Å². The predicted octanol–water partition coefficient (Wildman–Crippen LogP) is 1.31. The number of likely N-dealkylation sites (tertiary alicyclic amines) is 1. The van der Waals surface area contributed by atoms with Crippen molar-refractivity contribution in [3.8, 4) is 0 Å². The van der Waals surface area contributed by atoms with Gasteiger partial charge < -0.3 is 14.6 Å². The van der Waals surface area contributed by atoms with Gasteiger partial charge in [0, 0.05) is 6.42 Å². The first-order valence-electron chi connectivity index (χ1n) is 6.48. The number of carbonyl (C=O) groups excluding carboxylic acids is 2. The number of aliphatic hydroxyl groups is 1. The van der Waals surface area contributed by atoms with Crippen LogP contribution in [0.25, 0.3) is 0 Å². The molecule has 0 saturated carbocycles. The summed E-state index contributed by atoms with van der Waals surface area (Å²) in [6.45, 7) is 8.81. The molecule has 0 aromatic rings. The molecule has 2 atom stereocenters. The highest BCUT2D eigenvalue weighted by Crippen LogP contribution is 2.22. The summed E-state index contributed by atoms with van der Waals surface area (Å²) in [4.78, 5) is 25.1. The van der Waals surface area contributed by atoms with Gasteiger partial charge in [-0.2, -0.15) is 0 Å². The first kappa shape index (κ1) is 15.8. The number of nitrogens with zero attached hydrogens (tertiary/aromatic N) is 1. The van der Waals surface area contributed by atoms with Crippen molar-refractivity contribution in [2.24, 2.45) is 0 Å². The van der Waals surface area contributed by atoms with Crippen LogP contribution in [-0.4, -0.2) is 52.5 Å². The molecule has 0 aromatic carbocycles. The molecule has 1 fully saturated rings. The van der Waals surface area contributed by atoms with Crippen LogP contribution in [0.3, 0.4) is 0 Å². The van der Waals surface area contributed by atoms with Crippen molar-refractivity contribution in [3.63, 3.8) is 0 Å². The van der Waals surface area contributed by atoms with Crippen molar-refractivity contribution in [2.75, 3.05) is 6.54 Å². The van der Waals surface area contributed by atoms with Gasteiger partial charge in [-0.1, -0.05) is 0 Å². The van der Waals surface area contributed by atoms with E-state index in [9.17, 15) is 14.7 Å². The van der Waals surface area contributed by atoms with Crippen molar-refractivity contribution in [1.82, 2.24) is 4.90 Å². The molecule has 6 heteroatoms. The molecule has 0 unspecified atom stereocenters. The van der Waals surface area contributed by atoms with E-state index in [4.69, 9.17) is 9.47 Å². The van der Waals surface area contributed by atoms with Gasteiger partial charge in [0.2, 0.25) is 0 Å². The summed E-state index contributed by atoms with van der Waals surface area (Å²) < 4.78 is 10.3. The third-order valence-electron chi connectivity index (χ3n) is 2.53. The summed E-state index contributed by atoms with van der Waals surface area (Å²) >= 11 is 0. The number of hydrogen-bond acceptors (Lipinski definition) is 5. The highest BCUT2D eigenvalue weighted by atomic mass is 16.6. The quantitative estimate of drug-likeness (QED) is 0.768. The molecule has 0 spiro atoms. The fourth-order valence-electron chi connectivity index (χ4n) is 1.87. The number of aliphatic hydroxyl groups excluding tert-OH is 1. The molecule has 0 bridgehead atoms. The van der Waals surface area contributed by atoms with Gasteiger partial charge in [0.1, 0.15) is 11.6 Å². The fraction of sp³-hybridized carbons (Fsp3) is 0.846. The Morgan fingerprint density at radius 1 is 1.32 bits per heavy atom. The summed E-state index contributed by atoms with van der Waals surface area (Å²) in [6.07, 6.45) is -1.40. The minimum atomic E-state index is -0.771.